The quantitative estimate of drug-likeness (QED) is 0.876. The third-order valence-electron chi connectivity index (χ3n) is 3.05. The van der Waals surface area contributed by atoms with Crippen LogP contribution < -0.4 is 5.73 Å². The number of carbonyl (C=O) groups is 1. The van der Waals surface area contributed by atoms with E-state index in [1.54, 1.807) is 40.9 Å². The SMILES string of the molecule is Cc1cc(N)ccc1C(=O)N(C)Cc1scnc1C. The number of aryl methyl sites for hydroxylation is 2. The summed E-state index contributed by atoms with van der Waals surface area (Å²) < 4.78 is 0. The Balaban J connectivity index is 2.17. The normalized spacial score (nSPS) is 10.5. The van der Waals surface area contributed by atoms with Gasteiger partial charge in [-0.2, -0.15) is 0 Å². The van der Waals surface area contributed by atoms with Crippen LogP contribution in [0.15, 0.2) is 23.7 Å². The molecule has 2 N–H and O–H groups in total. The van der Waals surface area contributed by atoms with Gasteiger partial charge >= 0.3 is 0 Å². The van der Waals surface area contributed by atoms with E-state index in [9.17, 15) is 4.79 Å². The Morgan fingerprint density at radius 2 is 2.16 bits per heavy atom. The van der Waals surface area contributed by atoms with Crippen molar-refractivity contribution in [2.24, 2.45) is 0 Å². The summed E-state index contributed by atoms with van der Waals surface area (Å²) in [6.45, 7) is 4.44. The van der Waals surface area contributed by atoms with Crippen molar-refractivity contribution in [3.05, 3.63) is 45.4 Å². The molecule has 0 saturated heterocycles. The Hall–Kier alpha value is -1.88. The van der Waals surface area contributed by atoms with Gasteiger partial charge < -0.3 is 10.6 Å². The van der Waals surface area contributed by atoms with Crippen LogP contribution in [-0.2, 0) is 6.54 Å². The summed E-state index contributed by atoms with van der Waals surface area (Å²) in [6.07, 6.45) is 0. The van der Waals surface area contributed by atoms with E-state index in [-0.39, 0.29) is 5.91 Å². The number of hydrogen-bond donors (Lipinski definition) is 1. The van der Waals surface area contributed by atoms with E-state index in [1.165, 1.54) is 0 Å². The Kier molecular flexibility index (Phi) is 3.85. The van der Waals surface area contributed by atoms with Gasteiger partial charge in [0, 0.05) is 23.2 Å². The molecule has 0 radical (unpaired) electrons. The number of carbonyl (C=O) groups excluding carboxylic acids is 1. The van der Waals surface area contributed by atoms with Crippen LogP contribution >= 0.6 is 11.3 Å². The van der Waals surface area contributed by atoms with E-state index in [2.05, 4.69) is 4.98 Å². The number of thiazole rings is 1. The molecule has 19 heavy (non-hydrogen) atoms. The number of benzene rings is 1. The fraction of sp³-hybridized carbons (Fsp3) is 0.286. The summed E-state index contributed by atoms with van der Waals surface area (Å²) in [5.74, 6) is 0.00491. The highest BCUT2D eigenvalue weighted by Crippen LogP contribution is 2.18. The smallest absolute Gasteiger partial charge is 0.254 e. The van der Waals surface area contributed by atoms with Crippen LogP contribution in [0.5, 0.6) is 0 Å². The number of nitrogen functional groups attached to an aromatic ring is 1. The van der Waals surface area contributed by atoms with E-state index < -0.39 is 0 Å². The van der Waals surface area contributed by atoms with Crippen LogP contribution in [0.25, 0.3) is 0 Å². The highest BCUT2D eigenvalue weighted by Gasteiger charge is 2.15. The molecule has 4 nitrogen and oxygen atoms in total. The van der Waals surface area contributed by atoms with Gasteiger partial charge in [-0.1, -0.05) is 0 Å². The second-order valence-electron chi connectivity index (χ2n) is 4.60. The summed E-state index contributed by atoms with van der Waals surface area (Å²) in [6, 6.07) is 5.36. The lowest BCUT2D eigenvalue weighted by atomic mass is 10.1. The number of anilines is 1. The van der Waals surface area contributed by atoms with Crippen LogP contribution in [0.2, 0.25) is 0 Å². The molecular formula is C14H17N3OS. The number of amides is 1. The van der Waals surface area contributed by atoms with Crippen molar-refractivity contribution < 1.29 is 4.79 Å². The molecular weight excluding hydrogens is 258 g/mol. The first-order valence-corrected chi connectivity index (χ1v) is 6.87. The number of nitrogens with two attached hydrogens (primary N) is 1. The number of rotatable bonds is 3. The average Bonchev–Trinajstić information content (AvgIpc) is 2.74. The zero-order chi connectivity index (χ0) is 14.0. The molecule has 0 atom stereocenters. The van der Waals surface area contributed by atoms with E-state index in [4.69, 9.17) is 5.73 Å². The minimum atomic E-state index is 0.00491. The third-order valence-corrected chi connectivity index (χ3v) is 3.97. The van der Waals surface area contributed by atoms with Gasteiger partial charge in [-0.05, 0) is 37.6 Å². The molecule has 0 fully saturated rings. The zero-order valence-electron chi connectivity index (χ0n) is 11.3. The molecule has 0 aliphatic rings. The minimum Gasteiger partial charge on any atom is -0.399 e. The van der Waals surface area contributed by atoms with Gasteiger partial charge in [0.1, 0.15) is 0 Å². The molecule has 0 aliphatic heterocycles. The van der Waals surface area contributed by atoms with Gasteiger partial charge in [-0.25, -0.2) is 4.98 Å². The lowest BCUT2D eigenvalue weighted by Crippen LogP contribution is -2.26. The van der Waals surface area contributed by atoms with Gasteiger partial charge in [-0.15, -0.1) is 11.3 Å². The van der Waals surface area contributed by atoms with Crippen LogP contribution in [0.3, 0.4) is 0 Å². The molecule has 1 aromatic carbocycles. The van der Waals surface area contributed by atoms with E-state index in [0.717, 1.165) is 16.1 Å². The fourth-order valence-corrected chi connectivity index (χ4v) is 2.73. The van der Waals surface area contributed by atoms with Crippen molar-refractivity contribution in [1.29, 1.82) is 0 Å². The summed E-state index contributed by atoms with van der Waals surface area (Å²) in [4.78, 5) is 19.4. The predicted molar refractivity (Wildman–Crippen MR) is 78.2 cm³/mol. The molecule has 0 aliphatic carbocycles. The first-order valence-electron chi connectivity index (χ1n) is 5.99. The summed E-state index contributed by atoms with van der Waals surface area (Å²) in [5, 5.41) is 0. The van der Waals surface area contributed by atoms with Gasteiger partial charge in [0.2, 0.25) is 0 Å². The Bertz CT molecular complexity index is 606. The van der Waals surface area contributed by atoms with Crippen LogP contribution in [0.1, 0.15) is 26.5 Å². The minimum absolute atomic E-state index is 0.00491. The molecule has 2 aromatic rings. The molecule has 0 bridgehead atoms. The van der Waals surface area contributed by atoms with Crippen molar-refractivity contribution in [2.75, 3.05) is 12.8 Å². The van der Waals surface area contributed by atoms with Crippen LogP contribution in [0, 0.1) is 13.8 Å². The number of hydrogen-bond acceptors (Lipinski definition) is 4. The van der Waals surface area contributed by atoms with Gasteiger partial charge in [0.15, 0.2) is 0 Å². The topological polar surface area (TPSA) is 59.2 Å². The van der Waals surface area contributed by atoms with Gasteiger partial charge in [0.05, 0.1) is 17.7 Å². The molecule has 2 rings (SSSR count). The molecule has 0 unspecified atom stereocenters. The van der Waals surface area contributed by atoms with Crippen molar-refractivity contribution in [3.8, 4) is 0 Å². The van der Waals surface area contributed by atoms with Crippen LogP contribution in [-0.4, -0.2) is 22.8 Å². The molecule has 1 aromatic heterocycles. The first kappa shape index (κ1) is 13.5. The maximum absolute atomic E-state index is 12.4. The summed E-state index contributed by atoms with van der Waals surface area (Å²) in [5.41, 5.74) is 10.8. The maximum atomic E-state index is 12.4. The fourth-order valence-electron chi connectivity index (χ4n) is 1.90. The maximum Gasteiger partial charge on any atom is 0.254 e. The van der Waals surface area contributed by atoms with Gasteiger partial charge in [-0.3, -0.25) is 4.79 Å². The molecule has 0 saturated carbocycles. The first-order chi connectivity index (χ1) is 8.99. The zero-order valence-corrected chi connectivity index (χ0v) is 12.1. The number of nitrogens with zero attached hydrogens (tertiary/aromatic N) is 2. The second-order valence-corrected chi connectivity index (χ2v) is 5.54. The molecule has 100 valence electrons. The average molecular weight is 275 g/mol. The van der Waals surface area contributed by atoms with Crippen LogP contribution in [0.4, 0.5) is 5.69 Å². The highest BCUT2D eigenvalue weighted by molar-refractivity contribution is 7.09. The monoisotopic (exact) mass is 275 g/mol. The van der Waals surface area contributed by atoms with E-state index >= 15 is 0 Å². The molecule has 5 heteroatoms. The number of aromatic nitrogens is 1. The van der Waals surface area contributed by atoms with E-state index in [1.807, 2.05) is 19.9 Å². The second kappa shape index (κ2) is 5.40. The molecule has 0 spiro atoms. The van der Waals surface area contributed by atoms with Crippen molar-refractivity contribution in [3.63, 3.8) is 0 Å². The van der Waals surface area contributed by atoms with E-state index in [0.29, 0.717) is 17.8 Å². The summed E-state index contributed by atoms with van der Waals surface area (Å²) >= 11 is 1.57. The Morgan fingerprint density at radius 1 is 1.42 bits per heavy atom. The Labute approximate surface area is 116 Å². The predicted octanol–water partition coefficient (Wildman–Crippen LogP) is 2.61. The largest absolute Gasteiger partial charge is 0.399 e. The van der Waals surface area contributed by atoms with Crippen molar-refractivity contribution in [2.45, 2.75) is 20.4 Å². The van der Waals surface area contributed by atoms with Crippen molar-refractivity contribution >= 4 is 22.9 Å². The standard InChI is InChI=1S/C14H17N3OS/c1-9-6-11(15)4-5-12(9)14(18)17(3)7-13-10(2)16-8-19-13/h4-6,8H,7,15H2,1-3H3. The molecule has 1 amide bonds. The molecule has 1 heterocycles. The third kappa shape index (κ3) is 2.93. The lowest BCUT2D eigenvalue weighted by Gasteiger charge is -2.18. The summed E-state index contributed by atoms with van der Waals surface area (Å²) in [7, 11) is 1.80. The lowest BCUT2D eigenvalue weighted by molar-refractivity contribution is 0.0785. The van der Waals surface area contributed by atoms with Crippen molar-refractivity contribution in [1.82, 2.24) is 9.88 Å². The highest BCUT2D eigenvalue weighted by atomic mass is 32.1. The van der Waals surface area contributed by atoms with Gasteiger partial charge in [0.25, 0.3) is 5.91 Å². The Morgan fingerprint density at radius 3 is 2.74 bits per heavy atom.